The number of hydrogen-bond acceptors (Lipinski definition) is 4. The predicted molar refractivity (Wildman–Crippen MR) is 51.2 cm³/mol. The van der Waals surface area contributed by atoms with E-state index in [1.165, 1.54) is 13.1 Å². The van der Waals surface area contributed by atoms with Gasteiger partial charge in [0.15, 0.2) is 6.23 Å². The van der Waals surface area contributed by atoms with Crippen LogP contribution in [0.4, 0.5) is 4.79 Å². The number of nitrogens with zero attached hydrogens (tertiary/aromatic N) is 2. The molecular formula is C9H12N2O4. The first kappa shape index (κ1) is 11.4. The van der Waals surface area contributed by atoms with Crippen molar-refractivity contribution in [3.8, 4) is 0 Å². The Morgan fingerprint density at radius 2 is 2.33 bits per heavy atom. The lowest BCUT2D eigenvalue weighted by Gasteiger charge is -2.35. The van der Waals surface area contributed by atoms with Gasteiger partial charge in [0.2, 0.25) is 5.91 Å². The summed E-state index contributed by atoms with van der Waals surface area (Å²) in [5.41, 5.74) is 0. The van der Waals surface area contributed by atoms with Gasteiger partial charge in [-0.2, -0.15) is 0 Å². The summed E-state index contributed by atoms with van der Waals surface area (Å²) in [7, 11) is 0. The maximum atomic E-state index is 11.3. The molecule has 0 aromatic heterocycles. The minimum absolute atomic E-state index is 0.0486. The Hall–Kier alpha value is -1.72. The van der Waals surface area contributed by atoms with Crippen LogP contribution in [0.5, 0.6) is 0 Å². The van der Waals surface area contributed by atoms with E-state index in [9.17, 15) is 14.4 Å². The van der Waals surface area contributed by atoms with E-state index in [4.69, 9.17) is 4.74 Å². The summed E-state index contributed by atoms with van der Waals surface area (Å²) in [6.07, 6.45) is 1.27. The summed E-state index contributed by atoms with van der Waals surface area (Å²) in [6.45, 7) is 3.04. The Balaban J connectivity index is 2.58. The highest BCUT2D eigenvalue weighted by molar-refractivity contribution is 6.01. The molecule has 0 aromatic carbocycles. The smallest absolute Gasteiger partial charge is 0.352 e. The average Bonchev–Trinajstić information content (AvgIpc) is 2.12. The van der Waals surface area contributed by atoms with Gasteiger partial charge in [-0.25, -0.2) is 14.7 Å². The molecule has 1 aliphatic heterocycles. The van der Waals surface area contributed by atoms with Gasteiger partial charge in [0.25, 0.3) is 0 Å². The highest BCUT2D eigenvalue weighted by Crippen LogP contribution is 2.21. The normalized spacial score (nSPS) is 20.3. The highest BCUT2D eigenvalue weighted by Gasteiger charge is 2.43. The van der Waals surface area contributed by atoms with E-state index < -0.39 is 18.2 Å². The fourth-order valence-electron chi connectivity index (χ4n) is 1.13. The molecule has 3 amide bonds. The molecule has 0 radical (unpaired) electrons. The zero-order valence-electron chi connectivity index (χ0n) is 8.60. The fraction of sp³-hybridized carbons (Fsp3) is 0.556. The molecule has 0 N–H and O–H groups in total. The quantitative estimate of drug-likeness (QED) is 0.383. The zero-order valence-corrected chi connectivity index (χ0v) is 8.60. The summed E-state index contributed by atoms with van der Waals surface area (Å²) in [5, 5.41) is 0. The zero-order chi connectivity index (χ0) is 11.4. The molecule has 1 aliphatic rings. The van der Waals surface area contributed by atoms with Gasteiger partial charge in [0, 0.05) is 13.1 Å². The van der Waals surface area contributed by atoms with Crippen LogP contribution in [0.2, 0.25) is 0 Å². The molecule has 15 heavy (non-hydrogen) atoms. The van der Waals surface area contributed by atoms with Crippen LogP contribution in [-0.2, 0) is 14.3 Å². The van der Waals surface area contributed by atoms with Gasteiger partial charge in [-0.1, -0.05) is 6.92 Å². The lowest BCUT2D eigenvalue weighted by Crippen LogP contribution is -2.56. The van der Waals surface area contributed by atoms with Crippen molar-refractivity contribution in [2.45, 2.75) is 32.9 Å². The molecule has 1 rings (SSSR count). The Bertz CT molecular complexity index is 324. The molecule has 0 bridgehead atoms. The maximum Gasteiger partial charge on any atom is 0.352 e. The summed E-state index contributed by atoms with van der Waals surface area (Å²) in [5.74, 6) is -0.899. The molecule has 1 fully saturated rings. The number of imide groups is 1. The van der Waals surface area contributed by atoms with Gasteiger partial charge in [0.05, 0.1) is 6.42 Å². The van der Waals surface area contributed by atoms with Crippen molar-refractivity contribution in [3.05, 3.63) is 0 Å². The standard InChI is InChI=1S/C9H12N2O4/c1-3-4-10-9(14)11-7(13)5-8(11)15-6(2)12/h4,8H,3,5H2,1-2H3. The second-order valence-corrected chi connectivity index (χ2v) is 3.03. The largest absolute Gasteiger partial charge is 0.441 e. The number of urea groups is 1. The van der Waals surface area contributed by atoms with E-state index in [2.05, 4.69) is 4.99 Å². The molecule has 0 spiro atoms. The number of β-lactam (4-membered cyclic amide) rings is 1. The molecule has 1 atom stereocenters. The average molecular weight is 212 g/mol. The summed E-state index contributed by atoms with van der Waals surface area (Å²) in [4.78, 5) is 37.4. The van der Waals surface area contributed by atoms with Crippen molar-refractivity contribution in [3.63, 3.8) is 0 Å². The second-order valence-electron chi connectivity index (χ2n) is 3.03. The number of esters is 1. The third-order valence-electron chi connectivity index (χ3n) is 1.80. The minimum Gasteiger partial charge on any atom is -0.441 e. The number of aliphatic imine (C=N–C) groups is 1. The monoisotopic (exact) mass is 212 g/mol. The van der Waals surface area contributed by atoms with E-state index in [0.717, 1.165) is 4.90 Å². The maximum absolute atomic E-state index is 11.3. The molecule has 6 nitrogen and oxygen atoms in total. The van der Waals surface area contributed by atoms with Crippen LogP contribution in [-0.4, -0.2) is 35.3 Å². The Labute approximate surface area is 86.9 Å². The van der Waals surface area contributed by atoms with Crippen LogP contribution < -0.4 is 0 Å². The van der Waals surface area contributed by atoms with Crippen LogP contribution in [0.15, 0.2) is 4.99 Å². The topological polar surface area (TPSA) is 76.0 Å². The summed E-state index contributed by atoms with van der Waals surface area (Å²) in [6, 6.07) is -0.681. The first-order valence-electron chi connectivity index (χ1n) is 4.62. The number of amides is 3. The van der Waals surface area contributed by atoms with Crippen LogP contribution in [0.3, 0.4) is 0 Å². The Morgan fingerprint density at radius 1 is 1.67 bits per heavy atom. The predicted octanol–water partition coefficient (Wildman–Crippen LogP) is 0.709. The molecule has 1 saturated heterocycles. The van der Waals surface area contributed by atoms with Crippen molar-refractivity contribution < 1.29 is 19.1 Å². The number of carbonyl (C=O) groups is 3. The molecular weight excluding hydrogens is 200 g/mol. The van der Waals surface area contributed by atoms with Gasteiger partial charge < -0.3 is 4.74 Å². The van der Waals surface area contributed by atoms with E-state index in [-0.39, 0.29) is 12.3 Å². The van der Waals surface area contributed by atoms with Gasteiger partial charge in [-0.15, -0.1) is 0 Å². The number of rotatable bonds is 2. The SMILES string of the molecule is CCC=NC(=O)N1C(=O)CC1OC(C)=O. The van der Waals surface area contributed by atoms with Crippen molar-refractivity contribution in [1.29, 1.82) is 0 Å². The number of likely N-dealkylation sites (tertiary alicyclic amines) is 1. The van der Waals surface area contributed by atoms with E-state index >= 15 is 0 Å². The van der Waals surface area contributed by atoms with Gasteiger partial charge in [-0.05, 0) is 6.42 Å². The van der Waals surface area contributed by atoms with Gasteiger partial charge in [-0.3, -0.25) is 9.59 Å². The lowest BCUT2D eigenvalue weighted by molar-refractivity contribution is -0.174. The van der Waals surface area contributed by atoms with Crippen molar-refractivity contribution in [1.82, 2.24) is 4.90 Å². The van der Waals surface area contributed by atoms with Crippen molar-refractivity contribution >= 4 is 24.1 Å². The molecule has 0 aromatic rings. The van der Waals surface area contributed by atoms with E-state index in [1.807, 2.05) is 6.92 Å². The van der Waals surface area contributed by atoms with E-state index in [1.54, 1.807) is 0 Å². The second kappa shape index (κ2) is 4.68. The highest BCUT2D eigenvalue weighted by atomic mass is 16.6. The summed E-state index contributed by atoms with van der Waals surface area (Å²) >= 11 is 0. The van der Waals surface area contributed by atoms with Crippen LogP contribution in [0.1, 0.15) is 26.7 Å². The Morgan fingerprint density at radius 3 is 2.80 bits per heavy atom. The molecule has 82 valence electrons. The molecule has 6 heteroatoms. The van der Waals surface area contributed by atoms with Crippen LogP contribution in [0.25, 0.3) is 0 Å². The first-order valence-corrected chi connectivity index (χ1v) is 4.62. The van der Waals surface area contributed by atoms with Gasteiger partial charge >= 0.3 is 12.0 Å². The number of ether oxygens (including phenoxy) is 1. The Kier molecular flexibility index (Phi) is 3.54. The van der Waals surface area contributed by atoms with Crippen LogP contribution >= 0.6 is 0 Å². The third kappa shape index (κ3) is 2.61. The molecule has 0 aliphatic carbocycles. The summed E-state index contributed by atoms with van der Waals surface area (Å²) < 4.78 is 4.74. The molecule has 1 heterocycles. The number of carbonyl (C=O) groups excluding carboxylic acids is 3. The fourth-order valence-corrected chi connectivity index (χ4v) is 1.13. The third-order valence-corrected chi connectivity index (χ3v) is 1.80. The number of hydrogen-bond donors (Lipinski definition) is 0. The first-order chi connectivity index (χ1) is 7.06. The molecule has 0 saturated carbocycles. The van der Waals surface area contributed by atoms with Gasteiger partial charge in [0.1, 0.15) is 0 Å². The minimum atomic E-state index is -0.781. The van der Waals surface area contributed by atoms with Crippen LogP contribution in [0, 0.1) is 0 Å². The molecule has 1 unspecified atom stereocenters. The van der Waals surface area contributed by atoms with Crippen molar-refractivity contribution in [2.75, 3.05) is 0 Å². The lowest BCUT2D eigenvalue weighted by atomic mass is 10.2. The van der Waals surface area contributed by atoms with Crippen molar-refractivity contribution in [2.24, 2.45) is 4.99 Å². The van der Waals surface area contributed by atoms with E-state index in [0.29, 0.717) is 6.42 Å².